The van der Waals surface area contributed by atoms with Crippen molar-refractivity contribution in [3.05, 3.63) is 47.3 Å². The Morgan fingerprint density at radius 3 is 3.00 bits per heavy atom. The van der Waals surface area contributed by atoms with E-state index in [4.69, 9.17) is 11.6 Å². The van der Waals surface area contributed by atoms with E-state index in [1.54, 1.807) is 18.5 Å². The molecule has 0 atom stereocenters. The Labute approximate surface area is 96.9 Å². The molecule has 0 fully saturated rings. The molecule has 2 rings (SSSR count). The van der Waals surface area contributed by atoms with E-state index in [1.807, 2.05) is 0 Å². The first kappa shape index (κ1) is 10.6. The molecule has 0 aliphatic carbocycles. The number of carbonyl (C=O) groups is 1. The second kappa shape index (κ2) is 4.76. The standard InChI is InChI=1S/C10H9ClN4O/c11-8-5-7(1-2-12-8)10(16)15-6-9-13-3-4-14-9/h1-5H,6H2,(H,13,14)(H,15,16). The molecule has 0 aromatic carbocycles. The van der Waals surface area contributed by atoms with Crippen molar-refractivity contribution in [3.63, 3.8) is 0 Å². The number of nitrogens with one attached hydrogen (secondary N) is 2. The van der Waals surface area contributed by atoms with Crippen molar-refractivity contribution in [2.75, 3.05) is 0 Å². The number of halogens is 1. The smallest absolute Gasteiger partial charge is 0.251 e. The Bertz CT molecular complexity index is 483. The van der Waals surface area contributed by atoms with Gasteiger partial charge in [-0.05, 0) is 12.1 Å². The largest absolute Gasteiger partial charge is 0.347 e. The van der Waals surface area contributed by atoms with Gasteiger partial charge in [0, 0.05) is 24.2 Å². The Morgan fingerprint density at radius 1 is 1.44 bits per heavy atom. The predicted molar refractivity (Wildman–Crippen MR) is 59.0 cm³/mol. The third kappa shape index (κ3) is 2.58. The first-order valence-corrected chi connectivity index (χ1v) is 5.01. The highest BCUT2D eigenvalue weighted by atomic mass is 35.5. The quantitative estimate of drug-likeness (QED) is 0.791. The summed E-state index contributed by atoms with van der Waals surface area (Å²) >= 11 is 5.68. The molecule has 82 valence electrons. The summed E-state index contributed by atoms with van der Waals surface area (Å²) in [5, 5.41) is 3.01. The highest BCUT2D eigenvalue weighted by Gasteiger charge is 2.06. The van der Waals surface area contributed by atoms with Gasteiger partial charge in [0.25, 0.3) is 5.91 Å². The van der Waals surface area contributed by atoms with Crippen LogP contribution in [0.15, 0.2) is 30.7 Å². The summed E-state index contributed by atoms with van der Waals surface area (Å²) in [7, 11) is 0. The van der Waals surface area contributed by atoms with E-state index in [0.29, 0.717) is 23.1 Å². The fraction of sp³-hybridized carbons (Fsp3) is 0.100. The molecule has 0 saturated carbocycles. The number of imidazole rings is 1. The van der Waals surface area contributed by atoms with Crippen LogP contribution >= 0.6 is 11.6 Å². The van der Waals surface area contributed by atoms with Crippen LogP contribution in [0.5, 0.6) is 0 Å². The number of H-pyrrole nitrogens is 1. The van der Waals surface area contributed by atoms with Gasteiger partial charge in [0.2, 0.25) is 0 Å². The lowest BCUT2D eigenvalue weighted by molar-refractivity contribution is 0.0950. The number of hydrogen-bond donors (Lipinski definition) is 2. The van der Waals surface area contributed by atoms with Crippen molar-refractivity contribution in [1.29, 1.82) is 0 Å². The summed E-state index contributed by atoms with van der Waals surface area (Å²) < 4.78 is 0. The Balaban J connectivity index is 1.98. The Morgan fingerprint density at radius 2 is 2.31 bits per heavy atom. The number of hydrogen-bond acceptors (Lipinski definition) is 3. The van der Waals surface area contributed by atoms with E-state index in [-0.39, 0.29) is 5.91 Å². The van der Waals surface area contributed by atoms with Gasteiger partial charge >= 0.3 is 0 Å². The van der Waals surface area contributed by atoms with Crippen molar-refractivity contribution in [2.24, 2.45) is 0 Å². The summed E-state index contributed by atoms with van der Waals surface area (Å²) in [6.45, 7) is 0.353. The maximum atomic E-state index is 11.7. The van der Waals surface area contributed by atoms with Gasteiger partial charge in [-0.25, -0.2) is 9.97 Å². The molecule has 0 aliphatic heterocycles. The zero-order valence-corrected chi connectivity index (χ0v) is 9.03. The Kier molecular flexibility index (Phi) is 3.16. The molecule has 0 radical (unpaired) electrons. The first-order valence-electron chi connectivity index (χ1n) is 4.64. The summed E-state index contributed by atoms with van der Waals surface area (Å²) in [5.41, 5.74) is 0.478. The van der Waals surface area contributed by atoms with Crippen LogP contribution < -0.4 is 5.32 Å². The van der Waals surface area contributed by atoms with Crippen LogP contribution in [-0.2, 0) is 6.54 Å². The van der Waals surface area contributed by atoms with Crippen LogP contribution in [0.3, 0.4) is 0 Å². The number of pyridine rings is 1. The summed E-state index contributed by atoms with van der Waals surface area (Å²) in [5.74, 6) is 0.495. The molecule has 0 aliphatic rings. The zero-order chi connectivity index (χ0) is 11.4. The van der Waals surface area contributed by atoms with E-state index >= 15 is 0 Å². The molecule has 0 saturated heterocycles. The van der Waals surface area contributed by atoms with E-state index in [9.17, 15) is 4.79 Å². The topological polar surface area (TPSA) is 70.7 Å². The number of aromatic nitrogens is 3. The summed E-state index contributed by atoms with van der Waals surface area (Å²) in [4.78, 5) is 22.3. The fourth-order valence-corrected chi connectivity index (χ4v) is 1.38. The van der Waals surface area contributed by atoms with Gasteiger partial charge < -0.3 is 10.3 Å². The molecule has 0 bridgehead atoms. The second-order valence-corrected chi connectivity index (χ2v) is 3.47. The van der Waals surface area contributed by atoms with Gasteiger partial charge in [-0.15, -0.1) is 0 Å². The zero-order valence-electron chi connectivity index (χ0n) is 8.27. The van der Waals surface area contributed by atoms with Crippen LogP contribution in [0.4, 0.5) is 0 Å². The lowest BCUT2D eigenvalue weighted by Gasteiger charge is -2.02. The molecular formula is C10H9ClN4O. The average Bonchev–Trinajstić information content (AvgIpc) is 2.78. The van der Waals surface area contributed by atoms with Crippen molar-refractivity contribution in [2.45, 2.75) is 6.54 Å². The molecule has 0 spiro atoms. The SMILES string of the molecule is O=C(NCc1ncc[nH]1)c1ccnc(Cl)c1. The Hall–Kier alpha value is -1.88. The van der Waals surface area contributed by atoms with Gasteiger partial charge in [0.1, 0.15) is 11.0 Å². The van der Waals surface area contributed by atoms with Crippen molar-refractivity contribution in [1.82, 2.24) is 20.3 Å². The normalized spacial score (nSPS) is 10.1. The van der Waals surface area contributed by atoms with Crippen LogP contribution in [0, 0.1) is 0 Å². The molecule has 0 unspecified atom stereocenters. The lowest BCUT2D eigenvalue weighted by atomic mass is 10.2. The van der Waals surface area contributed by atoms with E-state index in [0.717, 1.165) is 0 Å². The second-order valence-electron chi connectivity index (χ2n) is 3.09. The lowest BCUT2D eigenvalue weighted by Crippen LogP contribution is -2.23. The van der Waals surface area contributed by atoms with Gasteiger partial charge in [-0.2, -0.15) is 0 Å². The van der Waals surface area contributed by atoms with Crippen LogP contribution in [0.25, 0.3) is 0 Å². The number of rotatable bonds is 3. The van der Waals surface area contributed by atoms with Gasteiger partial charge in [-0.1, -0.05) is 11.6 Å². The molecular weight excluding hydrogens is 228 g/mol. The minimum Gasteiger partial charge on any atom is -0.347 e. The van der Waals surface area contributed by atoms with Crippen LogP contribution in [-0.4, -0.2) is 20.9 Å². The van der Waals surface area contributed by atoms with Crippen molar-refractivity contribution >= 4 is 17.5 Å². The first-order chi connectivity index (χ1) is 7.75. The molecule has 2 aromatic rings. The van der Waals surface area contributed by atoms with E-state index in [2.05, 4.69) is 20.3 Å². The van der Waals surface area contributed by atoms with Gasteiger partial charge in [-0.3, -0.25) is 4.79 Å². The average molecular weight is 237 g/mol. The van der Waals surface area contributed by atoms with Gasteiger partial charge in [0.05, 0.1) is 6.54 Å². The maximum absolute atomic E-state index is 11.7. The molecule has 2 heterocycles. The molecule has 6 heteroatoms. The fourth-order valence-electron chi connectivity index (χ4n) is 1.20. The van der Waals surface area contributed by atoms with Gasteiger partial charge in [0.15, 0.2) is 0 Å². The number of carbonyl (C=O) groups excluding carboxylic acids is 1. The highest BCUT2D eigenvalue weighted by Crippen LogP contribution is 2.06. The van der Waals surface area contributed by atoms with Crippen molar-refractivity contribution < 1.29 is 4.79 Å². The third-order valence-electron chi connectivity index (χ3n) is 1.96. The molecule has 2 aromatic heterocycles. The van der Waals surface area contributed by atoms with Crippen LogP contribution in [0.2, 0.25) is 5.15 Å². The minimum absolute atomic E-state index is 0.208. The number of amides is 1. The summed E-state index contributed by atoms with van der Waals surface area (Å²) in [6.07, 6.45) is 4.82. The number of nitrogens with zero attached hydrogens (tertiary/aromatic N) is 2. The van der Waals surface area contributed by atoms with E-state index < -0.39 is 0 Å². The van der Waals surface area contributed by atoms with Crippen LogP contribution in [0.1, 0.15) is 16.2 Å². The van der Waals surface area contributed by atoms with Crippen molar-refractivity contribution in [3.8, 4) is 0 Å². The summed E-state index contributed by atoms with van der Waals surface area (Å²) in [6, 6.07) is 3.11. The molecule has 5 nitrogen and oxygen atoms in total. The maximum Gasteiger partial charge on any atom is 0.251 e. The number of aromatic amines is 1. The predicted octanol–water partition coefficient (Wildman–Crippen LogP) is 1.39. The monoisotopic (exact) mass is 236 g/mol. The molecule has 1 amide bonds. The molecule has 2 N–H and O–H groups in total. The minimum atomic E-state index is -0.208. The highest BCUT2D eigenvalue weighted by molar-refractivity contribution is 6.29. The third-order valence-corrected chi connectivity index (χ3v) is 2.17. The van der Waals surface area contributed by atoms with E-state index in [1.165, 1.54) is 12.3 Å². The molecule has 16 heavy (non-hydrogen) atoms.